The number of rotatable bonds is 1. The summed E-state index contributed by atoms with van der Waals surface area (Å²) in [4.78, 5) is 23.4. The first-order valence-electron chi connectivity index (χ1n) is 4.68. The Bertz CT molecular complexity index is 625. The third kappa shape index (κ3) is 1.07. The van der Waals surface area contributed by atoms with Gasteiger partial charge in [-0.05, 0) is 35.2 Å². The maximum absolute atomic E-state index is 11.9. The number of hydrogen-bond acceptors (Lipinski definition) is 3. The van der Waals surface area contributed by atoms with Crippen molar-refractivity contribution in [2.24, 2.45) is 0 Å². The normalized spacial score (nSPS) is 12.4. The number of hydrogen-bond donors (Lipinski definition) is 1. The van der Waals surface area contributed by atoms with E-state index in [2.05, 4.69) is 0 Å². The summed E-state index contributed by atoms with van der Waals surface area (Å²) in [5.74, 6) is -0.976. The molecule has 0 spiro atoms. The van der Waals surface area contributed by atoms with Gasteiger partial charge < -0.3 is 5.11 Å². The average Bonchev–Trinajstić information content (AvgIpc) is 2.83. The van der Waals surface area contributed by atoms with Crippen molar-refractivity contribution in [3.05, 3.63) is 45.6 Å². The van der Waals surface area contributed by atoms with Gasteiger partial charge in [0.05, 0.1) is 10.4 Å². The summed E-state index contributed by atoms with van der Waals surface area (Å²) in [6.07, 6.45) is 0. The highest BCUT2D eigenvalue weighted by Gasteiger charge is 2.28. The Hall–Kier alpha value is -1.94. The van der Waals surface area contributed by atoms with Crippen molar-refractivity contribution >= 4 is 23.1 Å². The fourth-order valence-electron chi connectivity index (χ4n) is 1.92. The van der Waals surface area contributed by atoms with Crippen LogP contribution in [0.25, 0.3) is 11.1 Å². The lowest BCUT2D eigenvalue weighted by Gasteiger charge is -2.00. The minimum absolute atomic E-state index is 0.00283. The van der Waals surface area contributed by atoms with Crippen molar-refractivity contribution in [3.63, 3.8) is 0 Å². The summed E-state index contributed by atoms with van der Waals surface area (Å²) in [6.45, 7) is 0. The van der Waals surface area contributed by atoms with E-state index in [0.717, 1.165) is 11.1 Å². The van der Waals surface area contributed by atoms with Crippen LogP contribution in [0.4, 0.5) is 0 Å². The molecule has 4 heteroatoms. The number of carboxylic acids is 1. The summed E-state index contributed by atoms with van der Waals surface area (Å²) in [5.41, 5.74) is 2.41. The zero-order valence-corrected chi connectivity index (χ0v) is 8.88. The molecule has 3 nitrogen and oxygen atoms in total. The third-order valence-electron chi connectivity index (χ3n) is 2.67. The zero-order chi connectivity index (χ0) is 11.3. The van der Waals surface area contributed by atoms with Crippen LogP contribution in [0.3, 0.4) is 0 Å². The topological polar surface area (TPSA) is 54.4 Å². The van der Waals surface area contributed by atoms with Gasteiger partial charge in [0.15, 0.2) is 0 Å². The number of thiophene rings is 1. The third-order valence-corrected chi connectivity index (χ3v) is 3.59. The fraction of sp³-hybridized carbons (Fsp3) is 0. The number of carboxylic acid groups (broad SMARTS) is 1. The molecule has 1 N–H and O–H groups in total. The standard InChI is InChI=1S/C12H6O3S/c13-10-7-2-1-6(12(14)15)5-9(7)8-3-4-16-11(8)10/h1-5H,(H,14,15). The molecule has 3 rings (SSSR count). The van der Waals surface area contributed by atoms with Crippen molar-refractivity contribution in [1.82, 2.24) is 0 Å². The molecule has 78 valence electrons. The van der Waals surface area contributed by atoms with Gasteiger partial charge in [-0.3, -0.25) is 4.79 Å². The first-order chi connectivity index (χ1) is 7.68. The maximum Gasteiger partial charge on any atom is 0.335 e. The SMILES string of the molecule is O=C(O)c1ccc2c(c1)-c1ccsc1C2=O. The first kappa shape index (κ1) is 9.30. The van der Waals surface area contributed by atoms with Crippen molar-refractivity contribution in [3.8, 4) is 11.1 Å². The quantitative estimate of drug-likeness (QED) is 0.699. The largest absolute Gasteiger partial charge is 0.478 e. The number of carbonyl (C=O) groups is 2. The van der Waals surface area contributed by atoms with E-state index in [1.807, 2.05) is 11.4 Å². The lowest BCUT2D eigenvalue weighted by Crippen LogP contribution is -1.98. The van der Waals surface area contributed by atoms with Crippen LogP contribution in [0, 0.1) is 0 Å². The second-order valence-electron chi connectivity index (χ2n) is 3.56. The van der Waals surface area contributed by atoms with Gasteiger partial charge in [-0.25, -0.2) is 4.79 Å². The smallest absolute Gasteiger partial charge is 0.335 e. The Labute approximate surface area is 95.0 Å². The molecule has 0 unspecified atom stereocenters. The number of benzene rings is 1. The lowest BCUT2D eigenvalue weighted by atomic mass is 10.0. The molecular formula is C12H6O3S. The van der Waals surface area contributed by atoms with Crippen LogP contribution in [-0.4, -0.2) is 16.9 Å². The van der Waals surface area contributed by atoms with Gasteiger partial charge in [0.25, 0.3) is 0 Å². The summed E-state index contributed by atoms with van der Waals surface area (Å²) >= 11 is 1.39. The van der Waals surface area contributed by atoms with Gasteiger partial charge in [-0.15, -0.1) is 11.3 Å². The van der Waals surface area contributed by atoms with Crippen LogP contribution >= 0.6 is 11.3 Å². The van der Waals surface area contributed by atoms with Gasteiger partial charge in [0.2, 0.25) is 5.78 Å². The van der Waals surface area contributed by atoms with Crippen molar-refractivity contribution in [2.75, 3.05) is 0 Å². The maximum atomic E-state index is 11.9. The summed E-state index contributed by atoms with van der Waals surface area (Å²) in [5, 5.41) is 10.7. The minimum Gasteiger partial charge on any atom is -0.478 e. The highest BCUT2D eigenvalue weighted by atomic mass is 32.1. The molecule has 0 amide bonds. The Morgan fingerprint density at radius 3 is 2.69 bits per heavy atom. The second-order valence-corrected chi connectivity index (χ2v) is 4.47. The molecule has 0 aliphatic heterocycles. The van der Waals surface area contributed by atoms with Crippen LogP contribution in [0.2, 0.25) is 0 Å². The molecule has 0 saturated heterocycles. The van der Waals surface area contributed by atoms with Crippen molar-refractivity contribution in [1.29, 1.82) is 0 Å². The van der Waals surface area contributed by atoms with E-state index in [-0.39, 0.29) is 11.3 Å². The number of ketones is 1. The molecule has 0 saturated carbocycles. The van der Waals surface area contributed by atoms with Crippen molar-refractivity contribution in [2.45, 2.75) is 0 Å². The molecule has 2 aromatic rings. The molecule has 1 aromatic heterocycles. The van der Waals surface area contributed by atoms with Gasteiger partial charge >= 0.3 is 5.97 Å². The summed E-state index contributed by atoms with van der Waals surface area (Å²) < 4.78 is 0. The van der Waals surface area contributed by atoms with Crippen LogP contribution in [-0.2, 0) is 0 Å². The second kappa shape index (κ2) is 3.02. The van der Waals surface area contributed by atoms with Crippen LogP contribution < -0.4 is 0 Å². The van der Waals surface area contributed by atoms with E-state index >= 15 is 0 Å². The van der Waals surface area contributed by atoms with Gasteiger partial charge in [-0.1, -0.05) is 0 Å². The molecule has 1 aliphatic carbocycles. The highest BCUT2D eigenvalue weighted by molar-refractivity contribution is 7.13. The Morgan fingerprint density at radius 2 is 1.94 bits per heavy atom. The lowest BCUT2D eigenvalue weighted by molar-refractivity contribution is 0.0696. The minimum atomic E-state index is -0.973. The Balaban J connectivity index is 2.30. The molecule has 1 aliphatic rings. The first-order valence-corrected chi connectivity index (χ1v) is 5.56. The van der Waals surface area contributed by atoms with E-state index in [4.69, 9.17) is 5.11 Å². The summed E-state index contributed by atoms with van der Waals surface area (Å²) in [6, 6.07) is 6.48. The monoisotopic (exact) mass is 230 g/mol. The average molecular weight is 230 g/mol. The molecule has 0 fully saturated rings. The van der Waals surface area contributed by atoms with E-state index < -0.39 is 5.97 Å². The van der Waals surface area contributed by atoms with E-state index in [0.29, 0.717) is 10.4 Å². The molecule has 1 heterocycles. The summed E-state index contributed by atoms with van der Waals surface area (Å²) in [7, 11) is 0. The van der Waals surface area contributed by atoms with Crippen LogP contribution in [0.5, 0.6) is 0 Å². The molecular weight excluding hydrogens is 224 g/mol. The predicted molar refractivity (Wildman–Crippen MR) is 60.1 cm³/mol. The number of carbonyl (C=O) groups excluding carboxylic acids is 1. The van der Waals surface area contributed by atoms with E-state index in [1.54, 1.807) is 12.1 Å². The number of aromatic carboxylic acids is 1. The zero-order valence-electron chi connectivity index (χ0n) is 8.06. The molecule has 0 atom stereocenters. The van der Waals surface area contributed by atoms with Crippen LogP contribution in [0.15, 0.2) is 29.6 Å². The van der Waals surface area contributed by atoms with Gasteiger partial charge in [0, 0.05) is 11.1 Å². The number of fused-ring (bicyclic) bond motifs is 3. The van der Waals surface area contributed by atoms with E-state index in [9.17, 15) is 9.59 Å². The molecule has 16 heavy (non-hydrogen) atoms. The molecule has 0 radical (unpaired) electrons. The molecule has 0 bridgehead atoms. The fourth-order valence-corrected chi connectivity index (χ4v) is 2.78. The predicted octanol–water partition coefficient (Wildman–Crippen LogP) is 2.66. The highest BCUT2D eigenvalue weighted by Crippen LogP contribution is 2.39. The van der Waals surface area contributed by atoms with Crippen molar-refractivity contribution < 1.29 is 14.7 Å². The van der Waals surface area contributed by atoms with Crippen LogP contribution in [0.1, 0.15) is 25.6 Å². The molecule has 1 aromatic carbocycles. The Kier molecular flexibility index (Phi) is 1.76. The van der Waals surface area contributed by atoms with Gasteiger partial charge in [0.1, 0.15) is 0 Å². The van der Waals surface area contributed by atoms with Gasteiger partial charge in [-0.2, -0.15) is 0 Å². The van der Waals surface area contributed by atoms with E-state index in [1.165, 1.54) is 17.4 Å². The Morgan fingerprint density at radius 1 is 1.12 bits per heavy atom.